The maximum Gasteiger partial charge on any atom is 0.310 e. The second-order valence-electron chi connectivity index (χ2n) is 5.88. The quantitative estimate of drug-likeness (QED) is 0.639. The Morgan fingerprint density at radius 2 is 2.26 bits per heavy atom. The first-order valence-corrected chi connectivity index (χ1v) is 8.08. The number of carbonyl (C=O) groups excluding carboxylic acids is 2. The van der Waals surface area contributed by atoms with Crippen molar-refractivity contribution < 1.29 is 14.3 Å². The van der Waals surface area contributed by atoms with Crippen LogP contribution in [0.25, 0.3) is 0 Å². The lowest BCUT2D eigenvalue weighted by Gasteiger charge is -2.35. The van der Waals surface area contributed by atoms with E-state index < -0.39 is 0 Å². The summed E-state index contributed by atoms with van der Waals surface area (Å²) in [6.07, 6.45) is 1.71. The lowest BCUT2D eigenvalue weighted by molar-refractivity contribution is -0.150. The number of ether oxygens (including phenoxy) is 1. The third-order valence-corrected chi connectivity index (χ3v) is 4.15. The van der Waals surface area contributed by atoms with Crippen LogP contribution in [0, 0.1) is 5.92 Å². The number of benzene rings is 1. The number of hydrogen-bond donors (Lipinski definition) is 2. The van der Waals surface area contributed by atoms with Crippen LogP contribution in [0.1, 0.15) is 26.7 Å². The number of nitrogens with one attached hydrogen (secondary N) is 1. The minimum atomic E-state index is -0.311. The molecule has 23 heavy (non-hydrogen) atoms. The van der Waals surface area contributed by atoms with Crippen LogP contribution in [0.5, 0.6) is 0 Å². The topological polar surface area (TPSA) is 84.7 Å². The molecule has 1 aliphatic heterocycles. The maximum atomic E-state index is 12.4. The zero-order valence-electron chi connectivity index (χ0n) is 13.7. The highest BCUT2D eigenvalue weighted by atomic mass is 16.5. The average molecular weight is 319 g/mol. The Hall–Kier alpha value is -2.08. The Labute approximate surface area is 137 Å². The summed E-state index contributed by atoms with van der Waals surface area (Å²) >= 11 is 0. The van der Waals surface area contributed by atoms with Crippen LogP contribution in [0.15, 0.2) is 24.3 Å². The minimum Gasteiger partial charge on any atom is -0.466 e. The van der Waals surface area contributed by atoms with E-state index in [4.69, 9.17) is 10.5 Å². The van der Waals surface area contributed by atoms with E-state index >= 15 is 0 Å². The lowest BCUT2D eigenvalue weighted by Crippen LogP contribution is -2.48. The van der Waals surface area contributed by atoms with Gasteiger partial charge in [0.05, 0.1) is 18.6 Å². The first kappa shape index (κ1) is 17.3. The van der Waals surface area contributed by atoms with Crippen molar-refractivity contribution in [2.45, 2.75) is 32.7 Å². The predicted molar refractivity (Wildman–Crippen MR) is 89.9 cm³/mol. The Kier molecular flexibility index (Phi) is 5.98. The molecule has 0 radical (unpaired) electrons. The Morgan fingerprint density at radius 3 is 2.96 bits per heavy atom. The number of carbonyl (C=O) groups is 2. The number of nitrogens with zero attached hydrogens (tertiary/aromatic N) is 1. The molecule has 2 unspecified atom stereocenters. The second kappa shape index (κ2) is 7.97. The SMILES string of the molecule is CCOC(=O)C1CCCN(C(C)C(=O)Nc2cccc(N)c2)C1. The molecule has 1 amide bonds. The van der Waals surface area contributed by atoms with Gasteiger partial charge in [0, 0.05) is 17.9 Å². The van der Waals surface area contributed by atoms with Gasteiger partial charge in [-0.1, -0.05) is 6.07 Å². The van der Waals surface area contributed by atoms with E-state index in [2.05, 4.69) is 5.32 Å². The summed E-state index contributed by atoms with van der Waals surface area (Å²) in [5.41, 5.74) is 7.01. The van der Waals surface area contributed by atoms with Crippen LogP contribution in [-0.4, -0.2) is 42.5 Å². The fourth-order valence-corrected chi connectivity index (χ4v) is 2.84. The minimum absolute atomic E-state index is 0.0971. The van der Waals surface area contributed by atoms with Crippen molar-refractivity contribution in [1.82, 2.24) is 4.90 Å². The molecule has 6 heteroatoms. The lowest BCUT2D eigenvalue weighted by atomic mass is 9.97. The number of rotatable bonds is 5. The van der Waals surface area contributed by atoms with E-state index in [0.29, 0.717) is 24.5 Å². The summed E-state index contributed by atoms with van der Waals surface area (Å²) in [6, 6.07) is 6.79. The monoisotopic (exact) mass is 319 g/mol. The third kappa shape index (κ3) is 4.69. The number of piperidine rings is 1. The number of esters is 1. The number of amides is 1. The van der Waals surface area contributed by atoms with Gasteiger partial charge in [0.1, 0.15) is 0 Å². The fourth-order valence-electron chi connectivity index (χ4n) is 2.84. The van der Waals surface area contributed by atoms with Crippen molar-refractivity contribution in [1.29, 1.82) is 0 Å². The summed E-state index contributed by atoms with van der Waals surface area (Å²) < 4.78 is 5.10. The molecule has 0 bridgehead atoms. The zero-order chi connectivity index (χ0) is 16.8. The molecule has 0 aromatic heterocycles. The summed E-state index contributed by atoms with van der Waals surface area (Å²) in [4.78, 5) is 26.4. The first-order chi connectivity index (χ1) is 11.0. The average Bonchev–Trinajstić information content (AvgIpc) is 2.54. The molecule has 3 N–H and O–H groups in total. The maximum absolute atomic E-state index is 12.4. The molecule has 2 rings (SSSR count). The standard InChI is InChI=1S/C17H25N3O3/c1-3-23-17(22)13-6-5-9-20(11-13)12(2)16(21)19-15-8-4-7-14(18)10-15/h4,7-8,10,12-13H,3,5-6,9,11,18H2,1-2H3,(H,19,21). The van der Waals surface area contributed by atoms with Gasteiger partial charge in [-0.25, -0.2) is 0 Å². The summed E-state index contributed by atoms with van der Waals surface area (Å²) in [5.74, 6) is -0.410. The second-order valence-corrected chi connectivity index (χ2v) is 5.88. The molecule has 6 nitrogen and oxygen atoms in total. The smallest absolute Gasteiger partial charge is 0.310 e. The Morgan fingerprint density at radius 1 is 1.48 bits per heavy atom. The molecule has 1 heterocycles. The predicted octanol–water partition coefficient (Wildman–Crippen LogP) is 1.87. The van der Waals surface area contributed by atoms with Gasteiger partial charge in [-0.05, 0) is 51.4 Å². The molecule has 2 atom stereocenters. The van der Waals surface area contributed by atoms with E-state index in [0.717, 1.165) is 19.4 Å². The highest BCUT2D eigenvalue weighted by Crippen LogP contribution is 2.21. The molecule has 0 spiro atoms. The molecule has 0 saturated carbocycles. The first-order valence-electron chi connectivity index (χ1n) is 8.08. The van der Waals surface area contributed by atoms with Gasteiger partial charge in [0.2, 0.25) is 5.91 Å². The Balaban J connectivity index is 1.94. The van der Waals surface area contributed by atoms with E-state index in [-0.39, 0.29) is 23.8 Å². The van der Waals surface area contributed by atoms with Gasteiger partial charge in [-0.3, -0.25) is 14.5 Å². The molecular weight excluding hydrogens is 294 g/mol. The van der Waals surface area contributed by atoms with Crippen LogP contribution in [0.3, 0.4) is 0 Å². The van der Waals surface area contributed by atoms with Crippen LogP contribution in [0.2, 0.25) is 0 Å². The number of nitrogen functional groups attached to an aromatic ring is 1. The van der Waals surface area contributed by atoms with Crippen LogP contribution in [-0.2, 0) is 14.3 Å². The highest BCUT2D eigenvalue weighted by molar-refractivity contribution is 5.95. The van der Waals surface area contributed by atoms with Crippen molar-refractivity contribution in [3.63, 3.8) is 0 Å². The van der Waals surface area contributed by atoms with E-state index in [1.165, 1.54) is 0 Å². The summed E-state index contributed by atoms with van der Waals surface area (Å²) in [6.45, 7) is 5.42. The largest absolute Gasteiger partial charge is 0.466 e. The van der Waals surface area contributed by atoms with Gasteiger partial charge in [-0.15, -0.1) is 0 Å². The summed E-state index contributed by atoms with van der Waals surface area (Å²) in [5, 5.41) is 2.87. The van der Waals surface area contributed by atoms with Gasteiger partial charge in [-0.2, -0.15) is 0 Å². The molecule has 1 aliphatic rings. The normalized spacial score (nSPS) is 19.8. The molecule has 1 aromatic rings. The molecular formula is C17H25N3O3. The molecule has 126 valence electrons. The molecule has 1 saturated heterocycles. The van der Waals surface area contributed by atoms with E-state index in [9.17, 15) is 9.59 Å². The third-order valence-electron chi connectivity index (χ3n) is 4.15. The van der Waals surface area contributed by atoms with Crippen molar-refractivity contribution in [3.8, 4) is 0 Å². The number of nitrogens with two attached hydrogens (primary N) is 1. The van der Waals surface area contributed by atoms with Gasteiger partial charge in [0.25, 0.3) is 0 Å². The highest BCUT2D eigenvalue weighted by Gasteiger charge is 2.31. The number of anilines is 2. The van der Waals surface area contributed by atoms with Crippen LogP contribution < -0.4 is 11.1 Å². The number of hydrogen-bond acceptors (Lipinski definition) is 5. The van der Waals surface area contributed by atoms with Crippen molar-refractivity contribution in [2.75, 3.05) is 30.7 Å². The molecule has 1 fully saturated rings. The van der Waals surface area contributed by atoms with E-state index in [1.807, 2.05) is 11.8 Å². The number of likely N-dealkylation sites (tertiary alicyclic amines) is 1. The fraction of sp³-hybridized carbons (Fsp3) is 0.529. The van der Waals surface area contributed by atoms with Crippen LogP contribution >= 0.6 is 0 Å². The molecule has 1 aromatic carbocycles. The summed E-state index contributed by atoms with van der Waals surface area (Å²) in [7, 11) is 0. The molecule has 0 aliphatic carbocycles. The van der Waals surface area contributed by atoms with Gasteiger partial charge in [0.15, 0.2) is 0 Å². The van der Waals surface area contributed by atoms with E-state index in [1.54, 1.807) is 31.2 Å². The van der Waals surface area contributed by atoms with Crippen molar-refractivity contribution in [3.05, 3.63) is 24.3 Å². The van der Waals surface area contributed by atoms with Gasteiger partial charge < -0.3 is 15.8 Å². The van der Waals surface area contributed by atoms with Crippen molar-refractivity contribution in [2.24, 2.45) is 5.92 Å². The van der Waals surface area contributed by atoms with Crippen LogP contribution in [0.4, 0.5) is 11.4 Å². The van der Waals surface area contributed by atoms with Crippen molar-refractivity contribution >= 4 is 23.3 Å². The van der Waals surface area contributed by atoms with Gasteiger partial charge >= 0.3 is 5.97 Å². The zero-order valence-corrected chi connectivity index (χ0v) is 13.7. The Bertz CT molecular complexity index is 562.